The van der Waals surface area contributed by atoms with Crippen LogP contribution < -0.4 is 30.6 Å². The number of carboxylic acids is 2. The maximum absolute atomic E-state index is 13.7. The molecule has 13 nitrogen and oxygen atoms in total. The van der Waals surface area contributed by atoms with Gasteiger partial charge in [0.1, 0.15) is 11.8 Å². The molecule has 2 atom stereocenters. The van der Waals surface area contributed by atoms with Crippen LogP contribution in [0, 0.1) is 5.92 Å². The maximum Gasteiger partial charge on any atom is 0.341 e. The number of primary amides is 1. The number of carboxylic acid groups (broad SMARTS) is 2. The van der Waals surface area contributed by atoms with Gasteiger partial charge in [0, 0.05) is 13.3 Å². The summed E-state index contributed by atoms with van der Waals surface area (Å²) in [5, 5.41) is 23.8. The van der Waals surface area contributed by atoms with E-state index in [-0.39, 0.29) is 23.5 Å². The molecule has 2 aliphatic rings. The van der Waals surface area contributed by atoms with Crippen LogP contribution in [-0.2, 0) is 32.0 Å². The number of nitrogens with one attached hydrogen (secondary N) is 2. The molecule has 1 saturated carbocycles. The summed E-state index contributed by atoms with van der Waals surface area (Å²) in [6.07, 6.45) is 8.82. The average Bonchev–Trinajstić information content (AvgIpc) is 3.22. The Morgan fingerprint density at radius 3 is 2.19 bits per heavy atom. The van der Waals surface area contributed by atoms with Crippen LogP contribution in [0.15, 0.2) is 30.3 Å². The largest absolute Gasteiger partial charge is 0.492 e. The second-order valence-corrected chi connectivity index (χ2v) is 12.1. The molecule has 47 heavy (non-hydrogen) atoms. The fraction of sp³-hybridized carbons (Fsp3) is 0.500. The highest BCUT2D eigenvalue weighted by Gasteiger charge is 2.28. The summed E-state index contributed by atoms with van der Waals surface area (Å²) >= 11 is 0. The van der Waals surface area contributed by atoms with E-state index >= 15 is 0 Å². The molecule has 13 heteroatoms. The van der Waals surface area contributed by atoms with Crippen LogP contribution >= 0.6 is 0 Å². The standard InChI is InChI=1S/C34H43N3O10/c1-20(38)36-27(13-22-11-12-28(46-18-31(39)40)30(14-22)47-19-32(41)42)34(44)37-26-10-6-5-9-23-15-29(25(33(35)43)16-24(23)26)45-17-21-7-3-2-4-8-21/h11-12,14-16,21,26-27H,2-10,13,17-19H2,1H3,(H2,35,43)(H,36,38)(H,37,44)(H,39,40)(H,41,42)/t26-,27-/m0/s1. The third-order valence-corrected chi connectivity index (χ3v) is 8.43. The SMILES string of the molecule is CC(=O)N[C@@H](Cc1ccc(OCC(=O)O)c(OCC(=O)O)c1)C(=O)N[C@H]1CCCCc2cc(OCC3CCCCC3)c(C(N)=O)cc21. The highest BCUT2D eigenvalue weighted by Crippen LogP contribution is 2.35. The number of aliphatic carboxylic acids is 2. The van der Waals surface area contributed by atoms with Crippen LogP contribution in [0.5, 0.6) is 17.2 Å². The number of rotatable bonds is 15. The molecule has 0 saturated heterocycles. The molecular formula is C34H43N3O10. The van der Waals surface area contributed by atoms with Gasteiger partial charge in [0.2, 0.25) is 11.8 Å². The second-order valence-electron chi connectivity index (χ2n) is 12.1. The molecule has 2 aromatic carbocycles. The van der Waals surface area contributed by atoms with Gasteiger partial charge in [-0.1, -0.05) is 31.7 Å². The van der Waals surface area contributed by atoms with Gasteiger partial charge in [-0.05, 0) is 79.0 Å². The van der Waals surface area contributed by atoms with Crippen molar-refractivity contribution in [3.05, 3.63) is 52.6 Å². The van der Waals surface area contributed by atoms with E-state index in [4.69, 9.17) is 30.2 Å². The van der Waals surface area contributed by atoms with E-state index in [9.17, 15) is 24.0 Å². The monoisotopic (exact) mass is 653 g/mol. The second kappa shape index (κ2) is 16.7. The quantitative estimate of drug-likeness (QED) is 0.177. The number of hydrogen-bond acceptors (Lipinski definition) is 8. The average molecular weight is 654 g/mol. The van der Waals surface area contributed by atoms with Crippen LogP contribution in [0.4, 0.5) is 0 Å². The molecule has 0 aromatic heterocycles. The lowest BCUT2D eigenvalue weighted by atomic mass is 9.90. The van der Waals surface area contributed by atoms with E-state index in [1.165, 1.54) is 38.3 Å². The number of nitrogens with two attached hydrogens (primary N) is 1. The molecule has 254 valence electrons. The summed E-state index contributed by atoms with van der Waals surface area (Å²) in [5.41, 5.74) is 8.29. The zero-order valence-electron chi connectivity index (χ0n) is 26.5. The number of fused-ring (bicyclic) bond motifs is 1. The van der Waals surface area contributed by atoms with Crippen molar-refractivity contribution in [3.63, 3.8) is 0 Å². The normalized spacial score (nSPS) is 16.9. The Balaban J connectivity index is 1.55. The van der Waals surface area contributed by atoms with E-state index in [1.807, 2.05) is 6.07 Å². The van der Waals surface area contributed by atoms with Gasteiger partial charge in [-0.15, -0.1) is 0 Å². The zero-order valence-corrected chi connectivity index (χ0v) is 26.5. The summed E-state index contributed by atoms with van der Waals surface area (Å²) in [4.78, 5) is 60.5. The first-order valence-corrected chi connectivity index (χ1v) is 16.0. The molecule has 3 amide bonds. The predicted molar refractivity (Wildman–Crippen MR) is 169 cm³/mol. The van der Waals surface area contributed by atoms with Gasteiger partial charge in [0.15, 0.2) is 24.7 Å². The lowest BCUT2D eigenvalue weighted by molar-refractivity contribution is -0.140. The van der Waals surface area contributed by atoms with E-state index in [1.54, 1.807) is 12.1 Å². The van der Waals surface area contributed by atoms with Crippen molar-refractivity contribution < 1.29 is 48.4 Å². The Morgan fingerprint density at radius 2 is 1.53 bits per heavy atom. The summed E-state index contributed by atoms with van der Waals surface area (Å²) in [7, 11) is 0. The summed E-state index contributed by atoms with van der Waals surface area (Å²) in [6.45, 7) is 0.436. The lowest BCUT2D eigenvalue weighted by Gasteiger charge is -2.26. The van der Waals surface area contributed by atoms with Crippen molar-refractivity contribution in [2.24, 2.45) is 11.7 Å². The van der Waals surface area contributed by atoms with Crippen LogP contribution in [0.2, 0.25) is 0 Å². The number of carbonyl (C=O) groups excluding carboxylic acids is 3. The van der Waals surface area contributed by atoms with E-state index in [0.717, 1.165) is 43.2 Å². The third kappa shape index (κ3) is 10.3. The van der Waals surface area contributed by atoms with E-state index < -0.39 is 55.0 Å². The van der Waals surface area contributed by atoms with Gasteiger partial charge in [0.05, 0.1) is 18.2 Å². The van der Waals surface area contributed by atoms with Crippen LogP contribution in [-0.4, -0.2) is 65.7 Å². The Hall–Kier alpha value is -4.81. The topological polar surface area (TPSA) is 204 Å². The number of benzene rings is 2. The minimum absolute atomic E-state index is 0.00805. The van der Waals surface area contributed by atoms with Crippen molar-refractivity contribution in [1.82, 2.24) is 10.6 Å². The maximum atomic E-state index is 13.7. The number of carbonyl (C=O) groups is 5. The highest BCUT2D eigenvalue weighted by molar-refractivity contribution is 5.96. The molecule has 0 spiro atoms. The minimum Gasteiger partial charge on any atom is -0.492 e. The highest BCUT2D eigenvalue weighted by atomic mass is 16.5. The molecule has 0 radical (unpaired) electrons. The van der Waals surface area contributed by atoms with Gasteiger partial charge < -0.3 is 40.8 Å². The lowest BCUT2D eigenvalue weighted by Crippen LogP contribution is -2.48. The third-order valence-electron chi connectivity index (χ3n) is 8.43. The van der Waals surface area contributed by atoms with Crippen LogP contribution in [0.3, 0.4) is 0 Å². The number of ether oxygens (including phenoxy) is 3. The fourth-order valence-corrected chi connectivity index (χ4v) is 6.18. The molecule has 0 unspecified atom stereocenters. The number of amides is 3. The molecular weight excluding hydrogens is 610 g/mol. The van der Waals surface area contributed by atoms with Gasteiger partial charge >= 0.3 is 11.9 Å². The molecule has 6 N–H and O–H groups in total. The summed E-state index contributed by atoms with van der Waals surface area (Å²) in [5.74, 6) is -3.11. The first-order valence-electron chi connectivity index (χ1n) is 16.0. The molecule has 0 heterocycles. The Bertz CT molecular complexity index is 1470. The summed E-state index contributed by atoms with van der Waals surface area (Å²) in [6, 6.07) is 6.55. The van der Waals surface area contributed by atoms with Crippen molar-refractivity contribution >= 4 is 29.7 Å². The zero-order chi connectivity index (χ0) is 33.9. The predicted octanol–water partition coefficient (Wildman–Crippen LogP) is 3.30. The molecule has 0 bridgehead atoms. The van der Waals surface area contributed by atoms with Gasteiger partial charge in [-0.2, -0.15) is 0 Å². The van der Waals surface area contributed by atoms with Crippen molar-refractivity contribution in [3.8, 4) is 17.2 Å². The van der Waals surface area contributed by atoms with E-state index in [2.05, 4.69) is 10.6 Å². The molecule has 2 aliphatic carbocycles. The van der Waals surface area contributed by atoms with Gasteiger partial charge in [-0.25, -0.2) is 9.59 Å². The van der Waals surface area contributed by atoms with Crippen molar-refractivity contribution in [1.29, 1.82) is 0 Å². The summed E-state index contributed by atoms with van der Waals surface area (Å²) < 4.78 is 16.7. The number of hydrogen-bond donors (Lipinski definition) is 5. The van der Waals surface area contributed by atoms with Crippen molar-refractivity contribution in [2.45, 2.75) is 83.2 Å². The molecule has 4 rings (SSSR count). The van der Waals surface area contributed by atoms with Crippen molar-refractivity contribution in [2.75, 3.05) is 19.8 Å². The minimum atomic E-state index is -1.25. The first kappa shape index (κ1) is 35.1. The van der Waals surface area contributed by atoms with Gasteiger partial charge in [0.25, 0.3) is 5.91 Å². The fourth-order valence-electron chi connectivity index (χ4n) is 6.18. The Morgan fingerprint density at radius 1 is 0.851 bits per heavy atom. The van der Waals surface area contributed by atoms with Gasteiger partial charge in [-0.3, -0.25) is 14.4 Å². The number of aryl methyl sites for hydroxylation is 1. The smallest absolute Gasteiger partial charge is 0.341 e. The van der Waals surface area contributed by atoms with E-state index in [0.29, 0.717) is 30.3 Å². The van der Waals surface area contributed by atoms with Crippen LogP contribution in [0.1, 0.15) is 91.4 Å². The molecule has 0 aliphatic heterocycles. The first-order chi connectivity index (χ1) is 22.5. The Labute approximate surface area is 273 Å². The molecule has 2 aromatic rings. The Kier molecular flexibility index (Phi) is 12.4. The molecule has 1 fully saturated rings. The van der Waals surface area contributed by atoms with Crippen LogP contribution in [0.25, 0.3) is 0 Å².